The van der Waals surface area contributed by atoms with Crippen molar-refractivity contribution in [3.05, 3.63) is 58.1 Å². The van der Waals surface area contributed by atoms with E-state index in [9.17, 15) is 0 Å². The number of benzene rings is 2. The lowest BCUT2D eigenvalue weighted by molar-refractivity contribution is 0.174. The van der Waals surface area contributed by atoms with Gasteiger partial charge in [0.15, 0.2) is 11.5 Å². The summed E-state index contributed by atoms with van der Waals surface area (Å²) in [5.41, 5.74) is 2.59. The molecule has 0 bridgehead atoms. The number of ether oxygens (including phenoxy) is 2. The van der Waals surface area contributed by atoms with Crippen molar-refractivity contribution in [2.24, 2.45) is 0 Å². The standard InChI is InChI=1S/C15H13BrO2S/c16-13-7-15-14(17-10-18-15)6-12(13)9-19-8-11-4-2-1-3-5-11/h1-7H,8-10H2. The maximum absolute atomic E-state index is 5.41. The number of halogens is 1. The van der Waals surface area contributed by atoms with Crippen molar-refractivity contribution in [1.29, 1.82) is 0 Å². The highest BCUT2D eigenvalue weighted by Crippen LogP contribution is 2.38. The predicted octanol–water partition coefficient (Wildman–Crippen LogP) is 4.61. The van der Waals surface area contributed by atoms with Crippen LogP contribution < -0.4 is 9.47 Å². The minimum atomic E-state index is 0.322. The molecule has 19 heavy (non-hydrogen) atoms. The summed E-state index contributed by atoms with van der Waals surface area (Å²) in [6, 6.07) is 14.6. The second-order valence-electron chi connectivity index (χ2n) is 4.28. The Kier molecular flexibility index (Phi) is 3.99. The molecule has 3 rings (SSSR count). The van der Waals surface area contributed by atoms with Gasteiger partial charge in [-0.3, -0.25) is 0 Å². The summed E-state index contributed by atoms with van der Waals surface area (Å²) in [4.78, 5) is 0. The van der Waals surface area contributed by atoms with Crippen LogP contribution in [0.1, 0.15) is 11.1 Å². The van der Waals surface area contributed by atoms with Crippen LogP contribution in [0.5, 0.6) is 11.5 Å². The lowest BCUT2D eigenvalue weighted by Crippen LogP contribution is -1.92. The lowest BCUT2D eigenvalue weighted by atomic mass is 10.2. The summed E-state index contributed by atoms with van der Waals surface area (Å²) in [6.45, 7) is 0.322. The molecule has 0 amide bonds. The van der Waals surface area contributed by atoms with Gasteiger partial charge in [-0.05, 0) is 23.3 Å². The molecule has 0 spiro atoms. The average Bonchev–Trinajstić information content (AvgIpc) is 2.87. The monoisotopic (exact) mass is 336 g/mol. The zero-order valence-electron chi connectivity index (χ0n) is 10.3. The van der Waals surface area contributed by atoms with E-state index < -0.39 is 0 Å². The third kappa shape index (κ3) is 3.07. The van der Waals surface area contributed by atoms with Crippen molar-refractivity contribution < 1.29 is 9.47 Å². The van der Waals surface area contributed by atoms with Gasteiger partial charge in [-0.25, -0.2) is 0 Å². The van der Waals surface area contributed by atoms with Gasteiger partial charge in [-0.2, -0.15) is 11.8 Å². The van der Waals surface area contributed by atoms with Crippen molar-refractivity contribution in [2.45, 2.75) is 11.5 Å². The number of hydrogen-bond acceptors (Lipinski definition) is 3. The first-order valence-electron chi connectivity index (χ1n) is 6.02. The van der Waals surface area contributed by atoms with E-state index in [2.05, 4.69) is 46.3 Å². The molecule has 0 radical (unpaired) electrons. The zero-order chi connectivity index (χ0) is 13.1. The number of thioether (sulfide) groups is 1. The SMILES string of the molecule is Brc1cc2c(cc1CSCc1ccccc1)OCO2. The van der Waals surface area contributed by atoms with Crippen molar-refractivity contribution >= 4 is 27.7 Å². The molecule has 2 aromatic rings. The summed E-state index contributed by atoms with van der Waals surface area (Å²) in [5, 5.41) is 0. The van der Waals surface area contributed by atoms with Gasteiger partial charge in [-0.1, -0.05) is 46.3 Å². The van der Waals surface area contributed by atoms with Gasteiger partial charge in [0, 0.05) is 16.0 Å². The maximum atomic E-state index is 5.41. The van der Waals surface area contributed by atoms with Crippen LogP contribution in [0.3, 0.4) is 0 Å². The molecule has 2 aromatic carbocycles. The fourth-order valence-electron chi connectivity index (χ4n) is 1.92. The number of rotatable bonds is 4. The van der Waals surface area contributed by atoms with Gasteiger partial charge >= 0.3 is 0 Å². The Labute approximate surface area is 125 Å². The van der Waals surface area contributed by atoms with Crippen molar-refractivity contribution in [1.82, 2.24) is 0 Å². The van der Waals surface area contributed by atoms with E-state index >= 15 is 0 Å². The summed E-state index contributed by atoms with van der Waals surface area (Å²) < 4.78 is 11.8. The molecule has 2 nitrogen and oxygen atoms in total. The van der Waals surface area contributed by atoms with Crippen LogP contribution in [0, 0.1) is 0 Å². The van der Waals surface area contributed by atoms with E-state index in [-0.39, 0.29) is 0 Å². The normalized spacial score (nSPS) is 12.7. The second kappa shape index (κ2) is 5.88. The van der Waals surface area contributed by atoms with Crippen LogP contribution >= 0.6 is 27.7 Å². The van der Waals surface area contributed by atoms with Gasteiger partial charge in [0.25, 0.3) is 0 Å². The minimum Gasteiger partial charge on any atom is -0.454 e. The molecule has 1 aliphatic heterocycles. The van der Waals surface area contributed by atoms with E-state index in [1.54, 1.807) is 0 Å². The Morgan fingerprint density at radius 2 is 1.74 bits per heavy atom. The van der Waals surface area contributed by atoms with E-state index in [0.29, 0.717) is 6.79 Å². The second-order valence-corrected chi connectivity index (χ2v) is 6.12. The van der Waals surface area contributed by atoms with Crippen molar-refractivity contribution in [2.75, 3.05) is 6.79 Å². The van der Waals surface area contributed by atoms with Gasteiger partial charge < -0.3 is 9.47 Å². The first-order valence-corrected chi connectivity index (χ1v) is 7.97. The average molecular weight is 337 g/mol. The highest BCUT2D eigenvalue weighted by molar-refractivity contribution is 9.10. The fraction of sp³-hybridized carbons (Fsp3) is 0.200. The Morgan fingerprint density at radius 1 is 1.00 bits per heavy atom. The molecule has 1 aliphatic rings. The van der Waals surface area contributed by atoms with Crippen LogP contribution in [0.25, 0.3) is 0 Å². The van der Waals surface area contributed by atoms with Gasteiger partial charge in [-0.15, -0.1) is 0 Å². The summed E-state index contributed by atoms with van der Waals surface area (Å²) in [5.74, 6) is 3.63. The minimum absolute atomic E-state index is 0.322. The molecular formula is C15H13BrO2S. The van der Waals surface area contributed by atoms with Gasteiger partial charge in [0.05, 0.1) is 0 Å². The topological polar surface area (TPSA) is 18.5 Å². The summed E-state index contributed by atoms with van der Waals surface area (Å²) in [6.07, 6.45) is 0. The third-order valence-electron chi connectivity index (χ3n) is 2.91. The van der Waals surface area contributed by atoms with Crippen LogP contribution in [-0.4, -0.2) is 6.79 Å². The van der Waals surface area contributed by atoms with Gasteiger partial charge in [0.1, 0.15) is 0 Å². The molecule has 0 aliphatic carbocycles. The number of hydrogen-bond donors (Lipinski definition) is 0. The first-order chi connectivity index (χ1) is 9.33. The quantitative estimate of drug-likeness (QED) is 0.812. The highest BCUT2D eigenvalue weighted by Gasteiger charge is 2.16. The smallest absolute Gasteiger partial charge is 0.231 e. The molecule has 98 valence electrons. The maximum Gasteiger partial charge on any atom is 0.231 e. The van der Waals surface area contributed by atoms with Crippen LogP contribution in [-0.2, 0) is 11.5 Å². The summed E-state index contributed by atoms with van der Waals surface area (Å²) >= 11 is 5.48. The van der Waals surface area contributed by atoms with E-state index in [0.717, 1.165) is 27.5 Å². The lowest BCUT2D eigenvalue weighted by Gasteiger charge is -2.06. The predicted molar refractivity (Wildman–Crippen MR) is 81.7 cm³/mol. The zero-order valence-corrected chi connectivity index (χ0v) is 12.7. The van der Waals surface area contributed by atoms with Crippen LogP contribution in [0.2, 0.25) is 0 Å². The molecule has 0 atom stereocenters. The van der Waals surface area contributed by atoms with E-state index in [4.69, 9.17) is 9.47 Å². The van der Waals surface area contributed by atoms with E-state index in [1.165, 1.54) is 11.1 Å². The molecule has 0 saturated carbocycles. The Morgan fingerprint density at radius 3 is 2.53 bits per heavy atom. The van der Waals surface area contributed by atoms with Crippen LogP contribution in [0.4, 0.5) is 0 Å². The molecule has 0 aromatic heterocycles. The molecular weight excluding hydrogens is 324 g/mol. The largest absolute Gasteiger partial charge is 0.454 e. The molecule has 1 heterocycles. The third-order valence-corrected chi connectivity index (χ3v) is 4.70. The molecule has 0 fully saturated rings. The molecule has 0 unspecified atom stereocenters. The number of fused-ring (bicyclic) bond motifs is 1. The molecule has 0 N–H and O–H groups in total. The Hall–Kier alpha value is -1.13. The summed E-state index contributed by atoms with van der Waals surface area (Å²) in [7, 11) is 0. The van der Waals surface area contributed by atoms with Crippen LogP contribution in [0.15, 0.2) is 46.9 Å². The van der Waals surface area contributed by atoms with Gasteiger partial charge in [0.2, 0.25) is 6.79 Å². The highest BCUT2D eigenvalue weighted by atomic mass is 79.9. The van der Waals surface area contributed by atoms with Crippen molar-refractivity contribution in [3.63, 3.8) is 0 Å². The van der Waals surface area contributed by atoms with E-state index in [1.807, 2.05) is 23.9 Å². The Bertz CT molecular complexity index is 572. The molecule has 4 heteroatoms. The molecule has 0 saturated heterocycles. The van der Waals surface area contributed by atoms with Crippen molar-refractivity contribution in [3.8, 4) is 11.5 Å². The fourth-order valence-corrected chi connectivity index (χ4v) is 3.56. The first kappa shape index (κ1) is 12.9. The Balaban J connectivity index is 1.64.